The second kappa shape index (κ2) is 11.7. The Morgan fingerprint density at radius 2 is 0.957 bits per heavy atom. The van der Waals surface area contributed by atoms with Gasteiger partial charge in [0.1, 0.15) is 0 Å². The third-order valence-electron chi connectivity index (χ3n) is 4.75. The Kier molecular flexibility index (Phi) is 11.3. The van der Waals surface area contributed by atoms with E-state index in [1.54, 1.807) is 33.4 Å². The second-order valence-corrected chi connectivity index (χ2v) is 5.85. The van der Waals surface area contributed by atoms with Gasteiger partial charge in [-0.2, -0.15) is 45.5 Å². The summed E-state index contributed by atoms with van der Waals surface area (Å²) in [5, 5.41) is 0. The molecule has 0 fully saturated rings. The van der Waals surface area contributed by atoms with E-state index in [1.807, 2.05) is 0 Å². The molecule has 0 aliphatic carbocycles. The Morgan fingerprint density at radius 3 is 1.17 bits per heavy atom. The van der Waals surface area contributed by atoms with E-state index in [9.17, 15) is 0 Å². The Hall–Kier alpha value is -0.781. The zero-order valence-electron chi connectivity index (χ0n) is 15.9. The van der Waals surface area contributed by atoms with Crippen LogP contribution < -0.4 is 0 Å². The van der Waals surface area contributed by atoms with Crippen molar-refractivity contribution in [2.24, 2.45) is 0 Å². The Bertz CT molecular complexity index is 449. The van der Waals surface area contributed by atoms with Crippen LogP contribution >= 0.6 is 0 Å². The molecule has 0 saturated carbocycles. The van der Waals surface area contributed by atoms with Crippen LogP contribution in [0.25, 0.3) is 0 Å². The summed E-state index contributed by atoms with van der Waals surface area (Å²) >= 11 is 0. The molecule has 2 aromatic carbocycles. The first kappa shape index (κ1) is 22.2. The van der Waals surface area contributed by atoms with Gasteiger partial charge in [0, 0.05) is 0 Å². The Morgan fingerprint density at radius 1 is 0.609 bits per heavy atom. The standard InChI is InChI=1S/2C11H17.Fe/c2*1-4-9-7-8-10(5-2)11(9)6-3;/h2*7-8H,4-6H2,1-3H3;/q2*-1;+2. The molecule has 23 heavy (non-hydrogen) atoms. The van der Waals surface area contributed by atoms with E-state index in [1.165, 1.54) is 38.5 Å². The molecule has 0 radical (unpaired) electrons. The molecule has 1 heteroatoms. The summed E-state index contributed by atoms with van der Waals surface area (Å²) in [5.74, 6) is 0. The Labute approximate surface area is 154 Å². The maximum atomic E-state index is 2.28. The molecule has 0 aromatic heterocycles. The first-order valence-electron chi connectivity index (χ1n) is 9.19. The van der Waals surface area contributed by atoms with Crippen LogP contribution in [0.5, 0.6) is 0 Å². The fourth-order valence-corrected chi connectivity index (χ4v) is 3.45. The fraction of sp³-hybridized carbons (Fsp3) is 0.545. The largest absolute Gasteiger partial charge is 2.00 e. The normalized spacial score (nSPS) is 10.0. The number of rotatable bonds is 6. The molecule has 2 rings (SSSR count). The first-order chi connectivity index (χ1) is 10.7. The topological polar surface area (TPSA) is 0 Å². The van der Waals surface area contributed by atoms with E-state index in [2.05, 4.69) is 65.8 Å². The van der Waals surface area contributed by atoms with Gasteiger partial charge in [0.15, 0.2) is 0 Å². The van der Waals surface area contributed by atoms with E-state index in [0.29, 0.717) is 0 Å². The second-order valence-electron chi connectivity index (χ2n) is 5.85. The van der Waals surface area contributed by atoms with Crippen molar-refractivity contribution in [3.8, 4) is 0 Å². The molecule has 0 N–H and O–H groups in total. The van der Waals surface area contributed by atoms with Gasteiger partial charge in [-0.3, -0.25) is 0 Å². The maximum absolute atomic E-state index is 2.28. The van der Waals surface area contributed by atoms with Gasteiger partial charge in [-0.15, -0.1) is 0 Å². The van der Waals surface area contributed by atoms with Gasteiger partial charge in [0.25, 0.3) is 0 Å². The van der Waals surface area contributed by atoms with Gasteiger partial charge < -0.3 is 0 Å². The van der Waals surface area contributed by atoms with Crippen molar-refractivity contribution < 1.29 is 17.1 Å². The summed E-state index contributed by atoms with van der Waals surface area (Å²) in [6, 6.07) is 9.10. The minimum Gasteiger partial charge on any atom is -0.210 e. The van der Waals surface area contributed by atoms with Crippen molar-refractivity contribution >= 4 is 0 Å². The minimum absolute atomic E-state index is 0. The average Bonchev–Trinajstić information content (AvgIpc) is 3.16. The molecule has 130 valence electrons. The summed E-state index contributed by atoms with van der Waals surface area (Å²) in [7, 11) is 0. The molecule has 0 bridgehead atoms. The van der Waals surface area contributed by atoms with Crippen molar-refractivity contribution in [3.05, 3.63) is 57.6 Å². The third kappa shape index (κ3) is 5.66. The van der Waals surface area contributed by atoms with Crippen molar-refractivity contribution in [2.75, 3.05) is 0 Å². The van der Waals surface area contributed by atoms with E-state index < -0.39 is 0 Å². The molecule has 0 spiro atoms. The molecule has 2 aromatic rings. The predicted octanol–water partition coefficient (Wildman–Crippen LogP) is 6.18. The van der Waals surface area contributed by atoms with Crippen molar-refractivity contribution in [3.63, 3.8) is 0 Å². The third-order valence-corrected chi connectivity index (χ3v) is 4.75. The minimum atomic E-state index is 0. The summed E-state index contributed by atoms with van der Waals surface area (Å²) < 4.78 is 0. The molecule has 0 nitrogen and oxygen atoms in total. The van der Waals surface area contributed by atoms with Gasteiger partial charge in [-0.1, -0.05) is 80.1 Å². The summed E-state index contributed by atoms with van der Waals surface area (Å²) in [5.41, 5.74) is 9.37. The zero-order valence-corrected chi connectivity index (χ0v) is 17.0. The van der Waals surface area contributed by atoms with E-state index >= 15 is 0 Å². The summed E-state index contributed by atoms with van der Waals surface area (Å²) in [4.78, 5) is 0. The van der Waals surface area contributed by atoms with Crippen LogP contribution in [-0.2, 0) is 55.6 Å². The van der Waals surface area contributed by atoms with Crippen LogP contribution in [0.15, 0.2) is 24.3 Å². The molecule has 0 aliphatic heterocycles. The Balaban J connectivity index is 0.000000403. The maximum Gasteiger partial charge on any atom is 2.00 e. The van der Waals surface area contributed by atoms with Crippen LogP contribution in [0.1, 0.15) is 74.9 Å². The van der Waals surface area contributed by atoms with Gasteiger partial charge in [-0.25, -0.2) is 12.1 Å². The van der Waals surface area contributed by atoms with E-state index in [4.69, 9.17) is 0 Å². The van der Waals surface area contributed by atoms with Crippen LogP contribution in [0, 0.1) is 0 Å². The number of aryl methyl sites for hydroxylation is 4. The summed E-state index contributed by atoms with van der Waals surface area (Å²) in [6.07, 6.45) is 7.12. The molecule has 0 saturated heterocycles. The van der Waals surface area contributed by atoms with Crippen LogP contribution in [0.4, 0.5) is 0 Å². The van der Waals surface area contributed by atoms with Crippen molar-refractivity contribution in [2.45, 2.75) is 80.1 Å². The monoisotopic (exact) mass is 354 g/mol. The van der Waals surface area contributed by atoms with Gasteiger partial charge >= 0.3 is 17.1 Å². The SMILES string of the molecule is CCc1cc[c-](CC)c1CC.CCc1cc[c-](CC)c1CC.[Fe+2]. The zero-order chi connectivity index (χ0) is 16.5. The van der Waals surface area contributed by atoms with Crippen LogP contribution in [0.3, 0.4) is 0 Å². The average molecular weight is 354 g/mol. The fourth-order valence-electron chi connectivity index (χ4n) is 3.45. The number of hydrogen-bond donors (Lipinski definition) is 0. The van der Waals surface area contributed by atoms with Gasteiger partial charge in [0.05, 0.1) is 0 Å². The first-order valence-corrected chi connectivity index (χ1v) is 9.19. The quantitative estimate of drug-likeness (QED) is 0.429. The van der Waals surface area contributed by atoms with Crippen molar-refractivity contribution in [1.29, 1.82) is 0 Å². The smallest absolute Gasteiger partial charge is 0.210 e. The summed E-state index contributed by atoms with van der Waals surface area (Å²) in [6.45, 7) is 13.4. The predicted molar refractivity (Wildman–Crippen MR) is 100 cm³/mol. The van der Waals surface area contributed by atoms with Gasteiger partial charge in [0.2, 0.25) is 0 Å². The molecule has 0 atom stereocenters. The molecule has 0 heterocycles. The molecular formula is C22H34Fe. The van der Waals surface area contributed by atoms with Crippen LogP contribution in [0.2, 0.25) is 0 Å². The van der Waals surface area contributed by atoms with E-state index in [0.717, 1.165) is 0 Å². The molecule has 0 unspecified atom stereocenters. The molecule has 0 amide bonds. The van der Waals surface area contributed by atoms with Crippen molar-refractivity contribution in [1.82, 2.24) is 0 Å². The molecule has 0 aliphatic rings. The van der Waals surface area contributed by atoms with E-state index in [-0.39, 0.29) is 17.1 Å². The molecular weight excluding hydrogens is 320 g/mol. The van der Waals surface area contributed by atoms with Gasteiger partial charge in [-0.05, 0) is 0 Å². The number of hydrogen-bond acceptors (Lipinski definition) is 0. The van der Waals surface area contributed by atoms with Crippen LogP contribution in [-0.4, -0.2) is 0 Å².